The average molecular weight is 488 g/mol. The number of nitrogens with zero attached hydrogens (tertiary/aromatic N) is 2. The standard InChI is InChI=1S/C19H22ClN3O6S2/c1-4-5-8-28-23(2)31(25,26)16-7-6-14(27-3)18-12(16)9-15(29-18)13-11-30-19(21-13)22-17(24)10-20/h6-7,9,11H,4-5,8,10H2,1-3H3,(H,21,22,24). The first-order valence-corrected chi connectivity index (χ1v) is 12.2. The minimum atomic E-state index is -3.95. The zero-order valence-electron chi connectivity index (χ0n) is 17.2. The van der Waals surface area contributed by atoms with E-state index in [2.05, 4.69) is 10.3 Å². The second-order valence-electron chi connectivity index (χ2n) is 6.44. The van der Waals surface area contributed by atoms with Crippen molar-refractivity contribution in [2.24, 2.45) is 0 Å². The number of halogens is 1. The van der Waals surface area contributed by atoms with E-state index in [0.29, 0.717) is 27.7 Å². The molecule has 0 aliphatic heterocycles. The third kappa shape index (κ3) is 5.01. The van der Waals surface area contributed by atoms with Gasteiger partial charge in [0.25, 0.3) is 10.0 Å². The number of fused-ring (bicyclic) bond motifs is 1. The van der Waals surface area contributed by atoms with E-state index in [1.54, 1.807) is 11.4 Å². The summed E-state index contributed by atoms with van der Waals surface area (Å²) in [6.07, 6.45) is 1.62. The minimum Gasteiger partial charge on any atom is -0.493 e. The highest BCUT2D eigenvalue weighted by atomic mass is 35.5. The van der Waals surface area contributed by atoms with Gasteiger partial charge in [0.1, 0.15) is 11.6 Å². The highest BCUT2D eigenvalue weighted by molar-refractivity contribution is 7.89. The van der Waals surface area contributed by atoms with Crippen molar-refractivity contribution in [3.8, 4) is 17.2 Å². The summed E-state index contributed by atoms with van der Waals surface area (Å²) < 4.78 is 38.3. The number of ether oxygens (including phenoxy) is 1. The van der Waals surface area contributed by atoms with Crippen molar-refractivity contribution >= 4 is 55.0 Å². The van der Waals surface area contributed by atoms with Crippen LogP contribution < -0.4 is 10.1 Å². The Morgan fingerprint density at radius 2 is 2.16 bits per heavy atom. The predicted octanol–water partition coefficient (Wildman–Crippen LogP) is 4.09. The molecule has 3 rings (SSSR count). The minimum absolute atomic E-state index is 0.0168. The van der Waals surface area contributed by atoms with Crippen LogP contribution in [0.1, 0.15) is 19.8 Å². The van der Waals surface area contributed by atoms with Crippen LogP contribution in [0.25, 0.3) is 22.4 Å². The lowest BCUT2D eigenvalue weighted by molar-refractivity contribution is -0.113. The maximum Gasteiger partial charge on any atom is 0.265 e. The van der Waals surface area contributed by atoms with Crippen LogP contribution in [0.3, 0.4) is 0 Å². The Bertz CT molecular complexity index is 1170. The van der Waals surface area contributed by atoms with Crippen LogP contribution in [0.15, 0.2) is 32.9 Å². The number of thiazole rings is 1. The van der Waals surface area contributed by atoms with Crippen LogP contribution in [-0.4, -0.2) is 50.4 Å². The lowest BCUT2D eigenvalue weighted by Crippen LogP contribution is -2.27. The van der Waals surface area contributed by atoms with Gasteiger partial charge in [0, 0.05) is 17.8 Å². The molecule has 31 heavy (non-hydrogen) atoms. The molecular weight excluding hydrogens is 466 g/mol. The van der Waals surface area contributed by atoms with E-state index in [1.807, 2.05) is 6.92 Å². The molecule has 0 radical (unpaired) electrons. The van der Waals surface area contributed by atoms with Crippen LogP contribution >= 0.6 is 22.9 Å². The number of sulfonamides is 1. The van der Waals surface area contributed by atoms with E-state index in [-0.39, 0.29) is 28.9 Å². The van der Waals surface area contributed by atoms with Gasteiger partial charge in [-0.05, 0) is 24.6 Å². The molecule has 1 N–H and O–H groups in total. The van der Waals surface area contributed by atoms with Gasteiger partial charge in [0.15, 0.2) is 22.2 Å². The van der Waals surface area contributed by atoms with Crippen molar-refractivity contribution in [2.75, 3.05) is 32.0 Å². The lowest BCUT2D eigenvalue weighted by atomic mass is 10.2. The maximum atomic E-state index is 13.1. The fraction of sp³-hybridized carbons (Fsp3) is 0.368. The first kappa shape index (κ1) is 23.5. The van der Waals surface area contributed by atoms with Gasteiger partial charge in [-0.1, -0.05) is 17.8 Å². The number of aromatic nitrogens is 1. The van der Waals surface area contributed by atoms with E-state index in [1.165, 1.54) is 37.6 Å². The first-order valence-electron chi connectivity index (χ1n) is 9.35. The monoisotopic (exact) mass is 487 g/mol. The topological polar surface area (TPSA) is 111 Å². The Morgan fingerprint density at radius 3 is 2.84 bits per heavy atom. The number of amides is 1. The summed E-state index contributed by atoms with van der Waals surface area (Å²) in [5.74, 6) is 0.133. The SMILES string of the molecule is CCCCON(C)S(=O)(=O)c1ccc(OC)c2oc(-c3csc(NC(=O)CCl)n3)cc12. The number of benzene rings is 1. The van der Waals surface area contributed by atoms with Gasteiger partial charge in [0.2, 0.25) is 5.91 Å². The lowest BCUT2D eigenvalue weighted by Gasteiger charge is -2.17. The van der Waals surface area contributed by atoms with E-state index in [4.69, 9.17) is 25.6 Å². The summed E-state index contributed by atoms with van der Waals surface area (Å²) >= 11 is 6.69. The van der Waals surface area contributed by atoms with Crippen LogP contribution in [0.2, 0.25) is 0 Å². The molecule has 3 aromatic rings. The molecule has 1 aromatic carbocycles. The number of furan rings is 1. The number of hydroxylamine groups is 1. The molecule has 2 aromatic heterocycles. The summed E-state index contributed by atoms with van der Waals surface area (Å²) in [4.78, 5) is 21.2. The van der Waals surface area contributed by atoms with E-state index in [0.717, 1.165) is 17.3 Å². The largest absolute Gasteiger partial charge is 0.493 e. The highest BCUT2D eigenvalue weighted by Gasteiger charge is 2.27. The molecule has 0 saturated carbocycles. The number of nitrogens with one attached hydrogen (secondary N) is 1. The van der Waals surface area contributed by atoms with Gasteiger partial charge >= 0.3 is 0 Å². The van der Waals surface area contributed by atoms with Crippen molar-refractivity contribution in [3.05, 3.63) is 23.6 Å². The number of carbonyl (C=O) groups is 1. The summed E-state index contributed by atoms with van der Waals surface area (Å²) in [7, 11) is -1.13. The van der Waals surface area contributed by atoms with Gasteiger partial charge in [-0.2, -0.15) is 0 Å². The number of methoxy groups -OCH3 is 1. The second-order valence-corrected chi connectivity index (χ2v) is 9.47. The zero-order chi connectivity index (χ0) is 22.6. The number of carbonyl (C=O) groups excluding carboxylic acids is 1. The van der Waals surface area contributed by atoms with Crippen LogP contribution in [0.4, 0.5) is 5.13 Å². The molecule has 0 spiro atoms. The average Bonchev–Trinajstić information content (AvgIpc) is 3.39. The Morgan fingerprint density at radius 1 is 1.39 bits per heavy atom. The maximum absolute atomic E-state index is 13.1. The van der Waals surface area contributed by atoms with Crippen molar-refractivity contribution in [3.63, 3.8) is 0 Å². The molecular formula is C19H22ClN3O6S2. The number of hydrogen-bond donors (Lipinski definition) is 1. The van der Waals surface area contributed by atoms with Gasteiger partial charge < -0.3 is 14.5 Å². The smallest absolute Gasteiger partial charge is 0.265 e. The molecule has 0 bridgehead atoms. The van der Waals surface area contributed by atoms with Gasteiger partial charge in [-0.25, -0.2) is 13.4 Å². The van der Waals surface area contributed by atoms with Crippen LogP contribution in [0, 0.1) is 0 Å². The molecule has 0 aliphatic rings. The Hall–Kier alpha value is -2.18. The third-order valence-electron chi connectivity index (χ3n) is 4.34. The van der Waals surface area contributed by atoms with Gasteiger partial charge in [-0.3, -0.25) is 9.63 Å². The molecule has 0 fully saturated rings. The highest BCUT2D eigenvalue weighted by Crippen LogP contribution is 2.38. The molecule has 0 saturated heterocycles. The molecule has 9 nitrogen and oxygen atoms in total. The second kappa shape index (κ2) is 9.96. The normalized spacial score (nSPS) is 11.9. The molecule has 0 unspecified atom stereocenters. The summed E-state index contributed by atoms with van der Waals surface area (Å²) in [6.45, 7) is 2.28. The van der Waals surface area contributed by atoms with Crippen LogP contribution in [-0.2, 0) is 19.7 Å². The van der Waals surface area contributed by atoms with Crippen molar-refractivity contribution < 1.29 is 27.2 Å². The van der Waals surface area contributed by atoms with E-state index >= 15 is 0 Å². The quantitative estimate of drug-likeness (QED) is 0.260. The first-order chi connectivity index (χ1) is 14.8. The molecule has 1 amide bonds. The van der Waals surface area contributed by atoms with Gasteiger partial charge in [0.05, 0.1) is 18.6 Å². The predicted molar refractivity (Wildman–Crippen MR) is 119 cm³/mol. The van der Waals surface area contributed by atoms with E-state index in [9.17, 15) is 13.2 Å². The molecule has 2 heterocycles. The van der Waals surface area contributed by atoms with E-state index < -0.39 is 10.0 Å². The summed E-state index contributed by atoms with van der Waals surface area (Å²) in [6, 6.07) is 4.55. The Balaban J connectivity index is 2.02. The van der Waals surface area contributed by atoms with Crippen molar-refractivity contribution in [2.45, 2.75) is 24.7 Å². The number of anilines is 1. The number of hydrogen-bond acceptors (Lipinski definition) is 8. The number of alkyl halides is 1. The number of unbranched alkanes of at least 4 members (excludes halogenated alkanes) is 1. The molecule has 12 heteroatoms. The molecule has 168 valence electrons. The van der Waals surface area contributed by atoms with Crippen molar-refractivity contribution in [1.29, 1.82) is 0 Å². The fourth-order valence-corrected chi connectivity index (χ4v) is 4.67. The van der Waals surface area contributed by atoms with Crippen molar-refractivity contribution in [1.82, 2.24) is 9.45 Å². The summed E-state index contributed by atoms with van der Waals surface area (Å²) in [5.41, 5.74) is 0.698. The Kier molecular flexibility index (Phi) is 7.55. The molecule has 0 atom stereocenters. The van der Waals surface area contributed by atoms with Gasteiger partial charge in [-0.15, -0.1) is 22.9 Å². The van der Waals surface area contributed by atoms with Crippen LogP contribution in [0.5, 0.6) is 5.75 Å². The fourth-order valence-electron chi connectivity index (χ4n) is 2.73. The third-order valence-corrected chi connectivity index (χ3v) is 7.03. The zero-order valence-corrected chi connectivity index (χ0v) is 19.6. The molecule has 0 aliphatic carbocycles. The number of rotatable bonds is 10. The summed E-state index contributed by atoms with van der Waals surface area (Å²) in [5, 5.41) is 4.93. The Labute approximate surface area is 188 Å².